The minimum atomic E-state index is -0.201. The lowest BCUT2D eigenvalue weighted by Crippen LogP contribution is -2.42. The first kappa shape index (κ1) is 19.7. The van der Waals surface area contributed by atoms with Gasteiger partial charge in [-0.25, -0.2) is 0 Å². The van der Waals surface area contributed by atoms with Gasteiger partial charge >= 0.3 is 0 Å². The van der Waals surface area contributed by atoms with Gasteiger partial charge in [0.2, 0.25) is 11.8 Å². The summed E-state index contributed by atoms with van der Waals surface area (Å²) in [5.74, 6) is 0.725. The quantitative estimate of drug-likeness (QED) is 0.796. The maximum Gasteiger partial charge on any atom is 0.228 e. The second kappa shape index (κ2) is 8.32. The number of piperidine rings is 1. The van der Waals surface area contributed by atoms with Gasteiger partial charge in [-0.05, 0) is 63.3 Å². The lowest BCUT2D eigenvalue weighted by atomic mass is 9.97. The van der Waals surface area contributed by atoms with Gasteiger partial charge in [-0.2, -0.15) is 0 Å². The number of anilines is 2. The van der Waals surface area contributed by atoms with E-state index >= 15 is 0 Å². The Hall–Kier alpha value is -2.04. The van der Waals surface area contributed by atoms with Crippen LogP contribution in [0.3, 0.4) is 0 Å². The van der Waals surface area contributed by atoms with E-state index in [0.29, 0.717) is 18.9 Å². The van der Waals surface area contributed by atoms with Crippen LogP contribution in [-0.2, 0) is 9.59 Å². The van der Waals surface area contributed by atoms with Crippen LogP contribution in [0.15, 0.2) is 18.2 Å². The fourth-order valence-corrected chi connectivity index (χ4v) is 4.32. The van der Waals surface area contributed by atoms with E-state index in [2.05, 4.69) is 44.7 Å². The minimum Gasteiger partial charge on any atom is -0.372 e. The van der Waals surface area contributed by atoms with E-state index in [9.17, 15) is 9.59 Å². The van der Waals surface area contributed by atoms with E-state index in [1.54, 1.807) is 0 Å². The summed E-state index contributed by atoms with van der Waals surface area (Å²) >= 11 is 0. The summed E-state index contributed by atoms with van der Waals surface area (Å²) in [4.78, 5) is 31.6. The molecule has 1 aromatic rings. The molecule has 0 spiro atoms. The Bertz CT molecular complexity index is 691. The average Bonchev–Trinajstić information content (AvgIpc) is 3.04. The van der Waals surface area contributed by atoms with Gasteiger partial charge in [-0.3, -0.25) is 9.59 Å². The number of benzene rings is 1. The van der Waals surface area contributed by atoms with Crippen molar-refractivity contribution in [1.82, 2.24) is 4.90 Å². The van der Waals surface area contributed by atoms with Gasteiger partial charge in [-0.15, -0.1) is 0 Å². The molecule has 1 aromatic carbocycles. The lowest BCUT2D eigenvalue weighted by Gasteiger charge is -2.32. The normalized spacial score (nSPS) is 21.0. The Labute approximate surface area is 163 Å². The highest BCUT2D eigenvalue weighted by Gasteiger charge is 2.38. The molecule has 0 bridgehead atoms. The van der Waals surface area contributed by atoms with Crippen LogP contribution in [0.5, 0.6) is 0 Å². The van der Waals surface area contributed by atoms with Crippen molar-refractivity contribution >= 4 is 23.2 Å². The molecule has 0 aliphatic carbocycles. The van der Waals surface area contributed by atoms with Crippen molar-refractivity contribution in [2.45, 2.75) is 47.0 Å². The van der Waals surface area contributed by atoms with E-state index < -0.39 is 0 Å². The molecule has 0 N–H and O–H groups in total. The lowest BCUT2D eigenvalue weighted by molar-refractivity contribution is -0.137. The van der Waals surface area contributed by atoms with Crippen molar-refractivity contribution in [3.63, 3.8) is 0 Å². The molecule has 2 saturated heterocycles. The molecule has 1 atom stereocenters. The van der Waals surface area contributed by atoms with Gasteiger partial charge < -0.3 is 14.7 Å². The van der Waals surface area contributed by atoms with Gasteiger partial charge in [0.05, 0.1) is 5.92 Å². The summed E-state index contributed by atoms with van der Waals surface area (Å²) in [7, 11) is 0. The molecule has 2 amide bonds. The first-order valence-corrected chi connectivity index (χ1v) is 10.4. The molecule has 148 valence electrons. The third-order valence-corrected chi connectivity index (χ3v) is 6.17. The number of amides is 2. The molecule has 0 saturated carbocycles. The van der Waals surface area contributed by atoms with E-state index in [4.69, 9.17) is 0 Å². The van der Waals surface area contributed by atoms with Crippen LogP contribution in [-0.4, -0.2) is 49.4 Å². The molecule has 3 rings (SSSR count). The monoisotopic (exact) mass is 371 g/mol. The largest absolute Gasteiger partial charge is 0.372 e. The van der Waals surface area contributed by atoms with Crippen LogP contribution in [0, 0.1) is 18.8 Å². The zero-order valence-electron chi connectivity index (χ0n) is 17.2. The predicted octanol–water partition coefficient (Wildman–Crippen LogP) is 3.45. The molecule has 5 nitrogen and oxygen atoms in total. The third kappa shape index (κ3) is 4.12. The highest BCUT2D eigenvalue weighted by atomic mass is 16.2. The fraction of sp³-hybridized carbons (Fsp3) is 0.636. The Balaban J connectivity index is 1.71. The summed E-state index contributed by atoms with van der Waals surface area (Å²) < 4.78 is 0. The highest BCUT2D eigenvalue weighted by molar-refractivity contribution is 6.01. The molecular weight excluding hydrogens is 338 g/mol. The summed E-state index contributed by atoms with van der Waals surface area (Å²) in [5, 5.41) is 0. The summed E-state index contributed by atoms with van der Waals surface area (Å²) in [6.45, 7) is 12.7. The number of hydrogen-bond donors (Lipinski definition) is 0. The summed E-state index contributed by atoms with van der Waals surface area (Å²) in [5.41, 5.74) is 3.22. The minimum absolute atomic E-state index is 0.0671. The summed E-state index contributed by atoms with van der Waals surface area (Å²) in [6.07, 6.45) is 2.48. The smallest absolute Gasteiger partial charge is 0.228 e. The Morgan fingerprint density at radius 2 is 1.85 bits per heavy atom. The van der Waals surface area contributed by atoms with Crippen LogP contribution in [0.1, 0.15) is 45.6 Å². The van der Waals surface area contributed by atoms with Crippen molar-refractivity contribution in [2.75, 3.05) is 42.5 Å². The maximum atomic E-state index is 12.9. The standard InChI is InChI=1S/C22H33N3O2/c1-5-23(6-2)19-7-8-20(17(4)13-19)25-15-18(14-21(25)26)22(27)24-11-9-16(3)10-12-24/h7-8,13,16,18H,5-6,9-12,14-15H2,1-4H3. The SMILES string of the molecule is CCN(CC)c1ccc(N2CC(C(=O)N3CCC(C)CC3)CC2=O)c(C)c1. The molecule has 5 heteroatoms. The zero-order valence-corrected chi connectivity index (χ0v) is 17.2. The molecule has 0 radical (unpaired) electrons. The molecule has 2 aliphatic rings. The Morgan fingerprint density at radius 1 is 1.19 bits per heavy atom. The van der Waals surface area contributed by atoms with Crippen molar-refractivity contribution < 1.29 is 9.59 Å². The Kier molecular flexibility index (Phi) is 6.08. The van der Waals surface area contributed by atoms with Crippen molar-refractivity contribution in [3.8, 4) is 0 Å². The van der Waals surface area contributed by atoms with E-state index in [0.717, 1.165) is 50.3 Å². The van der Waals surface area contributed by atoms with Gasteiger partial charge in [0.1, 0.15) is 0 Å². The number of aryl methyl sites for hydroxylation is 1. The van der Waals surface area contributed by atoms with Crippen molar-refractivity contribution in [2.24, 2.45) is 11.8 Å². The number of carbonyl (C=O) groups excluding carboxylic acids is 2. The molecular formula is C22H33N3O2. The number of nitrogens with zero attached hydrogens (tertiary/aromatic N) is 3. The van der Waals surface area contributed by atoms with Crippen LogP contribution >= 0.6 is 0 Å². The first-order chi connectivity index (χ1) is 12.9. The highest BCUT2D eigenvalue weighted by Crippen LogP contribution is 2.32. The average molecular weight is 372 g/mol. The number of likely N-dealkylation sites (tertiary alicyclic amines) is 1. The third-order valence-electron chi connectivity index (χ3n) is 6.17. The molecule has 2 heterocycles. The van der Waals surface area contributed by atoms with Crippen LogP contribution < -0.4 is 9.80 Å². The van der Waals surface area contributed by atoms with Gasteiger partial charge in [-0.1, -0.05) is 6.92 Å². The van der Waals surface area contributed by atoms with Crippen LogP contribution in [0.25, 0.3) is 0 Å². The second-order valence-electron chi connectivity index (χ2n) is 8.06. The van der Waals surface area contributed by atoms with Gasteiger partial charge in [0, 0.05) is 50.5 Å². The number of carbonyl (C=O) groups is 2. The van der Waals surface area contributed by atoms with Crippen molar-refractivity contribution in [1.29, 1.82) is 0 Å². The summed E-state index contributed by atoms with van der Waals surface area (Å²) in [6, 6.07) is 6.27. The van der Waals surface area contributed by atoms with Gasteiger partial charge in [0.15, 0.2) is 0 Å². The van der Waals surface area contributed by atoms with Crippen LogP contribution in [0.2, 0.25) is 0 Å². The molecule has 27 heavy (non-hydrogen) atoms. The number of hydrogen-bond acceptors (Lipinski definition) is 3. The predicted molar refractivity (Wildman–Crippen MR) is 110 cm³/mol. The van der Waals surface area contributed by atoms with Crippen molar-refractivity contribution in [3.05, 3.63) is 23.8 Å². The molecule has 0 aromatic heterocycles. The van der Waals surface area contributed by atoms with E-state index in [1.165, 1.54) is 5.69 Å². The number of rotatable bonds is 5. The molecule has 1 unspecified atom stereocenters. The maximum absolute atomic E-state index is 12.9. The topological polar surface area (TPSA) is 43.9 Å². The van der Waals surface area contributed by atoms with Crippen LogP contribution in [0.4, 0.5) is 11.4 Å². The molecule has 2 fully saturated rings. The Morgan fingerprint density at radius 3 is 2.44 bits per heavy atom. The van der Waals surface area contributed by atoms with E-state index in [1.807, 2.05) is 15.9 Å². The molecule has 2 aliphatic heterocycles. The fourth-order valence-electron chi connectivity index (χ4n) is 4.32. The van der Waals surface area contributed by atoms with E-state index in [-0.39, 0.29) is 17.7 Å². The first-order valence-electron chi connectivity index (χ1n) is 10.4. The second-order valence-corrected chi connectivity index (χ2v) is 8.06. The zero-order chi connectivity index (χ0) is 19.6. The van der Waals surface area contributed by atoms with Gasteiger partial charge in [0.25, 0.3) is 0 Å².